The van der Waals surface area contributed by atoms with Crippen LogP contribution >= 0.6 is 0 Å². The zero-order valence-corrected chi connectivity index (χ0v) is 10.8. The van der Waals surface area contributed by atoms with Crippen molar-refractivity contribution in [2.45, 2.75) is 45.8 Å². The molecular formula is C12H24N2O2. The van der Waals surface area contributed by atoms with Crippen LogP contribution in [0.4, 0.5) is 0 Å². The maximum absolute atomic E-state index is 12.2. The Morgan fingerprint density at radius 1 is 1.50 bits per heavy atom. The van der Waals surface area contributed by atoms with Crippen LogP contribution in [0.15, 0.2) is 0 Å². The molecule has 0 spiro atoms. The average molecular weight is 228 g/mol. The van der Waals surface area contributed by atoms with Crippen molar-refractivity contribution in [1.29, 1.82) is 0 Å². The standard InChI is InChI=1S/C12H24N2O2/c1-12(2,3)11(15)14-6-5-10(16-4)7-9(14)8-13/h9-10H,5-8,13H2,1-4H3. The maximum atomic E-state index is 12.2. The highest BCUT2D eigenvalue weighted by atomic mass is 16.5. The van der Waals surface area contributed by atoms with Gasteiger partial charge in [0.1, 0.15) is 0 Å². The Labute approximate surface area is 98.1 Å². The van der Waals surface area contributed by atoms with E-state index in [1.807, 2.05) is 25.7 Å². The highest BCUT2D eigenvalue weighted by Gasteiger charge is 2.35. The van der Waals surface area contributed by atoms with Crippen LogP contribution in [0.5, 0.6) is 0 Å². The number of methoxy groups -OCH3 is 1. The lowest BCUT2D eigenvalue weighted by molar-refractivity contribution is -0.145. The Balaban J connectivity index is 2.70. The summed E-state index contributed by atoms with van der Waals surface area (Å²) in [5.74, 6) is 0.192. The molecule has 1 rings (SSSR count). The van der Waals surface area contributed by atoms with Crippen LogP contribution in [0, 0.1) is 5.41 Å². The minimum atomic E-state index is -0.326. The zero-order chi connectivity index (χ0) is 12.3. The second kappa shape index (κ2) is 5.15. The van der Waals surface area contributed by atoms with Crippen molar-refractivity contribution in [2.24, 2.45) is 11.1 Å². The van der Waals surface area contributed by atoms with Crippen LogP contribution in [-0.4, -0.2) is 43.2 Å². The fraction of sp³-hybridized carbons (Fsp3) is 0.917. The van der Waals surface area contributed by atoms with E-state index in [2.05, 4.69) is 0 Å². The molecule has 0 aromatic carbocycles. The number of rotatable bonds is 2. The SMILES string of the molecule is COC1CCN(C(=O)C(C)(C)C)C(CN)C1. The molecular weight excluding hydrogens is 204 g/mol. The van der Waals surface area contributed by atoms with Gasteiger partial charge in [0.2, 0.25) is 5.91 Å². The van der Waals surface area contributed by atoms with Gasteiger partial charge in [-0.25, -0.2) is 0 Å². The van der Waals surface area contributed by atoms with Gasteiger partial charge in [-0.15, -0.1) is 0 Å². The molecule has 1 saturated heterocycles. The average Bonchev–Trinajstić information content (AvgIpc) is 2.26. The molecule has 2 N–H and O–H groups in total. The van der Waals surface area contributed by atoms with Crippen molar-refractivity contribution in [2.75, 3.05) is 20.2 Å². The maximum Gasteiger partial charge on any atom is 0.228 e. The van der Waals surface area contributed by atoms with Crippen molar-refractivity contribution < 1.29 is 9.53 Å². The van der Waals surface area contributed by atoms with E-state index < -0.39 is 0 Å². The molecule has 1 amide bonds. The van der Waals surface area contributed by atoms with Crippen molar-refractivity contribution >= 4 is 5.91 Å². The summed E-state index contributed by atoms with van der Waals surface area (Å²) in [5.41, 5.74) is 5.42. The lowest BCUT2D eigenvalue weighted by atomic mass is 9.90. The molecule has 2 unspecified atom stereocenters. The fourth-order valence-electron chi connectivity index (χ4n) is 2.15. The molecule has 16 heavy (non-hydrogen) atoms. The van der Waals surface area contributed by atoms with Gasteiger partial charge in [-0.05, 0) is 12.8 Å². The number of amides is 1. The lowest BCUT2D eigenvalue weighted by Crippen LogP contribution is -2.54. The second-order valence-corrected chi connectivity index (χ2v) is 5.52. The smallest absolute Gasteiger partial charge is 0.228 e. The van der Waals surface area contributed by atoms with Crippen LogP contribution < -0.4 is 5.73 Å². The summed E-state index contributed by atoms with van der Waals surface area (Å²) in [5, 5.41) is 0. The molecule has 1 aliphatic rings. The lowest BCUT2D eigenvalue weighted by Gasteiger charge is -2.41. The van der Waals surface area contributed by atoms with Gasteiger partial charge >= 0.3 is 0 Å². The highest BCUT2D eigenvalue weighted by molar-refractivity contribution is 5.82. The molecule has 1 heterocycles. The molecule has 0 radical (unpaired) electrons. The van der Waals surface area contributed by atoms with E-state index in [1.165, 1.54) is 0 Å². The minimum absolute atomic E-state index is 0.130. The van der Waals surface area contributed by atoms with Crippen LogP contribution in [0.25, 0.3) is 0 Å². The summed E-state index contributed by atoms with van der Waals surface area (Å²) in [6.07, 6.45) is 2.02. The number of nitrogens with zero attached hydrogens (tertiary/aromatic N) is 1. The van der Waals surface area contributed by atoms with Gasteiger partial charge < -0.3 is 15.4 Å². The zero-order valence-electron chi connectivity index (χ0n) is 10.8. The van der Waals surface area contributed by atoms with Gasteiger partial charge in [0.05, 0.1) is 6.10 Å². The van der Waals surface area contributed by atoms with E-state index in [0.717, 1.165) is 19.4 Å². The highest BCUT2D eigenvalue weighted by Crippen LogP contribution is 2.25. The normalized spacial score (nSPS) is 26.9. The Morgan fingerprint density at radius 2 is 2.12 bits per heavy atom. The first-order chi connectivity index (χ1) is 7.40. The third kappa shape index (κ3) is 2.95. The van der Waals surface area contributed by atoms with Crippen molar-refractivity contribution in [3.05, 3.63) is 0 Å². The monoisotopic (exact) mass is 228 g/mol. The minimum Gasteiger partial charge on any atom is -0.381 e. The van der Waals surface area contributed by atoms with E-state index in [1.54, 1.807) is 7.11 Å². The molecule has 0 aliphatic carbocycles. The van der Waals surface area contributed by atoms with E-state index in [0.29, 0.717) is 6.54 Å². The van der Waals surface area contributed by atoms with E-state index >= 15 is 0 Å². The van der Waals surface area contributed by atoms with Gasteiger partial charge in [0.25, 0.3) is 0 Å². The fourth-order valence-corrected chi connectivity index (χ4v) is 2.15. The molecule has 0 aromatic heterocycles. The molecule has 94 valence electrons. The van der Waals surface area contributed by atoms with Gasteiger partial charge in [0.15, 0.2) is 0 Å². The summed E-state index contributed by atoms with van der Waals surface area (Å²) in [4.78, 5) is 14.1. The van der Waals surface area contributed by atoms with E-state index in [4.69, 9.17) is 10.5 Å². The topological polar surface area (TPSA) is 55.6 Å². The molecule has 1 fully saturated rings. The quantitative estimate of drug-likeness (QED) is 0.767. The predicted octanol–water partition coefficient (Wildman–Crippen LogP) is 0.997. The molecule has 0 aromatic rings. The summed E-state index contributed by atoms with van der Waals surface area (Å²) >= 11 is 0. The number of carbonyl (C=O) groups excluding carboxylic acids is 1. The number of likely N-dealkylation sites (tertiary alicyclic amines) is 1. The Hall–Kier alpha value is -0.610. The van der Waals surface area contributed by atoms with Gasteiger partial charge in [-0.3, -0.25) is 4.79 Å². The third-order valence-electron chi connectivity index (χ3n) is 3.18. The van der Waals surface area contributed by atoms with Crippen molar-refractivity contribution in [3.63, 3.8) is 0 Å². The van der Waals surface area contributed by atoms with Crippen molar-refractivity contribution in [1.82, 2.24) is 4.90 Å². The number of nitrogens with two attached hydrogens (primary N) is 1. The number of ether oxygens (including phenoxy) is 1. The summed E-state index contributed by atoms with van der Waals surface area (Å²) in [6, 6.07) is 0.130. The third-order valence-corrected chi connectivity index (χ3v) is 3.18. The Morgan fingerprint density at radius 3 is 2.56 bits per heavy atom. The first-order valence-electron chi connectivity index (χ1n) is 5.94. The predicted molar refractivity (Wildman–Crippen MR) is 64.0 cm³/mol. The van der Waals surface area contributed by atoms with Crippen LogP contribution in [0.3, 0.4) is 0 Å². The number of hydrogen-bond donors (Lipinski definition) is 1. The van der Waals surface area contributed by atoms with Crippen molar-refractivity contribution in [3.8, 4) is 0 Å². The summed E-state index contributed by atoms with van der Waals surface area (Å²) < 4.78 is 5.34. The molecule has 4 heteroatoms. The molecule has 0 saturated carbocycles. The van der Waals surface area contributed by atoms with E-state index in [-0.39, 0.29) is 23.5 Å². The number of hydrogen-bond acceptors (Lipinski definition) is 3. The largest absolute Gasteiger partial charge is 0.381 e. The molecule has 1 aliphatic heterocycles. The van der Waals surface area contributed by atoms with Crippen LogP contribution in [0.2, 0.25) is 0 Å². The molecule has 2 atom stereocenters. The second-order valence-electron chi connectivity index (χ2n) is 5.52. The first kappa shape index (κ1) is 13.5. The van der Waals surface area contributed by atoms with Gasteiger partial charge in [-0.2, -0.15) is 0 Å². The van der Waals surface area contributed by atoms with Crippen LogP contribution in [0.1, 0.15) is 33.6 Å². The summed E-state index contributed by atoms with van der Waals surface area (Å²) in [6.45, 7) is 7.13. The van der Waals surface area contributed by atoms with Crippen LogP contribution in [-0.2, 0) is 9.53 Å². The Kier molecular flexibility index (Phi) is 4.33. The summed E-state index contributed by atoms with van der Waals surface area (Å²) in [7, 11) is 1.72. The van der Waals surface area contributed by atoms with E-state index in [9.17, 15) is 4.79 Å². The number of piperidine rings is 1. The Bertz CT molecular complexity index is 248. The van der Waals surface area contributed by atoms with Gasteiger partial charge in [0, 0.05) is 31.7 Å². The molecule has 0 bridgehead atoms. The van der Waals surface area contributed by atoms with Gasteiger partial charge in [-0.1, -0.05) is 20.8 Å². The number of carbonyl (C=O) groups is 1. The molecule has 4 nitrogen and oxygen atoms in total. The first-order valence-corrected chi connectivity index (χ1v) is 5.94.